The molecule has 0 amide bonds. The number of ether oxygens (including phenoxy) is 2. The molecule has 0 fully saturated rings. The van der Waals surface area contributed by atoms with Gasteiger partial charge in [-0.25, -0.2) is 4.79 Å². The Morgan fingerprint density at radius 1 is 0.794 bits per heavy atom. The van der Waals surface area contributed by atoms with E-state index in [4.69, 9.17) is 9.47 Å². The van der Waals surface area contributed by atoms with Crippen LogP contribution >= 0.6 is 31.9 Å². The lowest BCUT2D eigenvalue weighted by atomic mass is 10.0. The molecular weight excluding hydrogens is 576 g/mol. The zero-order chi connectivity index (χ0) is 25.3. The molecule has 0 aromatic heterocycles. The summed E-state index contributed by atoms with van der Waals surface area (Å²) in [6, 6.07) is 6.18. The lowest BCUT2D eigenvalue weighted by Crippen LogP contribution is -2.17. The number of aryl methyl sites for hydroxylation is 2. The molecule has 184 valence electrons. The van der Waals surface area contributed by atoms with E-state index in [-0.39, 0.29) is 22.9 Å². The summed E-state index contributed by atoms with van der Waals surface area (Å²) < 4.78 is 10.5. The predicted molar refractivity (Wildman–Crippen MR) is 135 cm³/mol. The minimum Gasteiger partial charge on any atom is -0.387 e. The highest BCUT2D eigenvalue weighted by atomic mass is 79.9. The maximum absolute atomic E-state index is 12.7. The summed E-state index contributed by atoms with van der Waals surface area (Å²) in [6.45, 7) is 3.94. The van der Waals surface area contributed by atoms with Crippen LogP contribution < -0.4 is 9.47 Å². The molecule has 9 nitrogen and oxygen atoms in total. The zero-order valence-corrected chi connectivity index (χ0v) is 22.1. The smallest absolute Gasteiger partial charge is 0.387 e. The molecule has 0 saturated carbocycles. The van der Waals surface area contributed by atoms with Crippen LogP contribution in [-0.2, 0) is 23.5 Å². The number of rotatable bonds is 12. The second-order valence-corrected chi connectivity index (χ2v) is 8.77. The van der Waals surface area contributed by atoms with E-state index in [9.17, 15) is 25.0 Å². The number of nitro groups is 2. The van der Waals surface area contributed by atoms with Gasteiger partial charge in [0.2, 0.25) is 11.5 Å². The zero-order valence-electron chi connectivity index (χ0n) is 19.0. The Bertz CT molecular complexity index is 979. The number of halogens is 2. The van der Waals surface area contributed by atoms with E-state index in [1.54, 1.807) is 12.1 Å². The number of carbonyl (C=O) groups excluding carboxylic acids is 1. The van der Waals surface area contributed by atoms with Crippen LogP contribution in [0.4, 0.5) is 16.2 Å². The number of alkyl halides is 2. The maximum atomic E-state index is 12.7. The summed E-state index contributed by atoms with van der Waals surface area (Å²) in [4.78, 5) is 35.0. The molecule has 0 spiro atoms. The summed E-state index contributed by atoms with van der Waals surface area (Å²) in [5, 5.41) is 24.4. The SMILES string of the molecule is CCCCc1cc(CBr)cc(OC(=O)Oc2cc(CBr)cc(CCCC)c2[N+](=O)[O-])c1[N+](=O)[O-]. The molecule has 11 heteroatoms. The number of hydrogen-bond donors (Lipinski definition) is 0. The van der Waals surface area contributed by atoms with Gasteiger partial charge in [-0.3, -0.25) is 20.2 Å². The third-order valence-corrected chi connectivity index (χ3v) is 6.38. The van der Waals surface area contributed by atoms with Gasteiger partial charge in [-0.2, -0.15) is 0 Å². The summed E-state index contributed by atoms with van der Waals surface area (Å²) in [6.07, 6.45) is 2.72. The lowest BCUT2D eigenvalue weighted by Gasteiger charge is -2.12. The first kappa shape index (κ1) is 27.7. The minimum atomic E-state index is -1.28. The highest BCUT2D eigenvalue weighted by Crippen LogP contribution is 2.37. The van der Waals surface area contributed by atoms with Crippen LogP contribution in [0.15, 0.2) is 24.3 Å². The van der Waals surface area contributed by atoms with Gasteiger partial charge < -0.3 is 9.47 Å². The second kappa shape index (κ2) is 13.4. The number of benzene rings is 2. The molecule has 2 rings (SSSR count). The second-order valence-electron chi connectivity index (χ2n) is 7.65. The van der Waals surface area contributed by atoms with E-state index >= 15 is 0 Å². The number of hydrogen-bond acceptors (Lipinski definition) is 7. The van der Waals surface area contributed by atoms with Gasteiger partial charge in [-0.1, -0.05) is 58.5 Å². The van der Waals surface area contributed by atoms with Gasteiger partial charge in [0.15, 0.2) is 0 Å². The van der Waals surface area contributed by atoms with Crippen molar-refractivity contribution in [3.63, 3.8) is 0 Å². The first-order valence-corrected chi connectivity index (χ1v) is 13.1. The highest BCUT2D eigenvalue weighted by Gasteiger charge is 2.28. The third kappa shape index (κ3) is 7.23. The van der Waals surface area contributed by atoms with E-state index < -0.39 is 16.0 Å². The molecule has 2 aromatic rings. The monoisotopic (exact) mass is 600 g/mol. The third-order valence-electron chi connectivity index (χ3n) is 5.09. The molecule has 0 aliphatic carbocycles. The van der Waals surface area contributed by atoms with Crippen molar-refractivity contribution in [3.8, 4) is 11.5 Å². The fourth-order valence-corrected chi connectivity index (χ4v) is 4.15. The van der Waals surface area contributed by atoms with Gasteiger partial charge >= 0.3 is 17.5 Å². The fourth-order valence-electron chi connectivity index (χ4n) is 3.50. The van der Waals surface area contributed by atoms with Crippen LogP contribution in [0.1, 0.15) is 61.8 Å². The lowest BCUT2D eigenvalue weighted by molar-refractivity contribution is -0.386. The molecule has 34 heavy (non-hydrogen) atoms. The molecule has 0 saturated heterocycles. The molecular formula is C23H26Br2N2O7. The Kier molecular flexibility index (Phi) is 10.9. The molecule has 0 unspecified atom stereocenters. The quantitative estimate of drug-likeness (QED) is 0.0808. The van der Waals surface area contributed by atoms with E-state index in [1.807, 2.05) is 13.8 Å². The van der Waals surface area contributed by atoms with Crippen LogP contribution in [0.2, 0.25) is 0 Å². The maximum Gasteiger partial charge on any atom is 0.519 e. The number of unbranched alkanes of at least 4 members (excludes halogenated alkanes) is 2. The Labute approximate surface area is 214 Å². The minimum absolute atomic E-state index is 0.261. The Morgan fingerprint density at radius 3 is 1.47 bits per heavy atom. The van der Waals surface area contributed by atoms with Gasteiger partial charge in [0, 0.05) is 21.8 Å². The molecule has 0 heterocycles. The first-order chi connectivity index (χ1) is 16.2. The van der Waals surface area contributed by atoms with Gasteiger partial charge in [-0.05, 0) is 61.1 Å². The van der Waals surface area contributed by atoms with Crippen molar-refractivity contribution in [3.05, 3.63) is 66.7 Å². The van der Waals surface area contributed by atoms with Crippen molar-refractivity contribution >= 4 is 49.4 Å². The van der Waals surface area contributed by atoms with Crippen molar-refractivity contribution in [1.29, 1.82) is 0 Å². The summed E-state index contributed by atoms with van der Waals surface area (Å²) in [5.41, 5.74) is 1.63. The Morgan fingerprint density at radius 2 is 1.18 bits per heavy atom. The van der Waals surface area contributed by atoms with Crippen LogP contribution in [-0.4, -0.2) is 16.0 Å². The van der Waals surface area contributed by atoms with Crippen LogP contribution in [0.3, 0.4) is 0 Å². The molecule has 0 bridgehead atoms. The fraction of sp³-hybridized carbons (Fsp3) is 0.435. The largest absolute Gasteiger partial charge is 0.519 e. The van der Waals surface area contributed by atoms with Crippen molar-refractivity contribution in [2.75, 3.05) is 0 Å². The van der Waals surface area contributed by atoms with Crippen LogP contribution in [0, 0.1) is 20.2 Å². The van der Waals surface area contributed by atoms with E-state index in [1.165, 1.54) is 12.1 Å². The predicted octanol–water partition coefficient (Wildman–Crippen LogP) is 7.56. The van der Waals surface area contributed by atoms with Gasteiger partial charge in [0.05, 0.1) is 9.85 Å². The Balaban J connectivity index is 2.45. The van der Waals surface area contributed by atoms with Crippen molar-refractivity contribution < 1.29 is 24.1 Å². The standard InChI is InChI=1S/C23H26Br2N2O7/c1-3-5-7-17-9-15(13-24)11-19(21(17)26(29)30)33-23(28)34-20-12-16(14-25)10-18(8-6-4-2)22(20)27(31)32/h9-12H,3-8,13-14H2,1-2H3. The molecule has 0 aliphatic heterocycles. The summed E-state index contributed by atoms with van der Waals surface area (Å²) in [5.74, 6) is -0.521. The topological polar surface area (TPSA) is 122 Å². The average Bonchev–Trinajstić information content (AvgIpc) is 2.79. The molecule has 2 aromatic carbocycles. The number of nitro benzene ring substituents is 2. The Hall–Kier alpha value is -2.53. The van der Waals surface area contributed by atoms with Gasteiger partial charge in [0.25, 0.3) is 0 Å². The molecule has 0 radical (unpaired) electrons. The van der Waals surface area contributed by atoms with Gasteiger partial charge in [0.1, 0.15) is 0 Å². The summed E-state index contributed by atoms with van der Waals surface area (Å²) >= 11 is 6.65. The summed E-state index contributed by atoms with van der Waals surface area (Å²) in [7, 11) is 0. The normalized spacial score (nSPS) is 10.7. The number of nitrogens with zero attached hydrogens (tertiary/aromatic N) is 2. The first-order valence-electron chi connectivity index (χ1n) is 10.9. The molecule has 0 N–H and O–H groups in total. The molecule has 0 aliphatic rings. The van der Waals surface area contributed by atoms with E-state index in [0.29, 0.717) is 45.8 Å². The molecule has 0 atom stereocenters. The number of carbonyl (C=O) groups is 1. The van der Waals surface area contributed by atoms with Crippen molar-refractivity contribution in [2.24, 2.45) is 0 Å². The highest BCUT2D eigenvalue weighted by molar-refractivity contribution is 9.08. The average molecular weight is 602 g/mol. The van der Waals surface area contributed by atoms with Crippen LogP contribution in [0.5, 0.6) is 11.5 Å². The van der Waals surface area contributed by atoms with Crippen molar-refractivity contribution in [1.82, 2.24) is 0 Å². The van der Waals surface area contributed by atoms with Gasteiger partial charge in [-0.15, -0.1) is 0 Å². The van der Waals surface area contributed by atoms with Crippen molar-refractivity contribution in [2.45, 2.75) is 63.0 Å². The van der Waals surface area contributed by atoms with E-state index in [2.05, 4.69) is 31.9 Å². The van der Waals surface area contributed by atoms with E-state index in [0.717, 1.165) is 25.7 Å². The van der Waals surface area contributed by atoms with Crippen LogP contribution in [0.25, 0.3) is 0 Å².